The van der Waals surface area contributed by atoms with E-state index in [1.54, 1.807) is 23.3 Å². The number of hydrogen-bond donors (Lipinski definition) is 0. The molecule has 4 rings (SSSR count). The van der Waals surface area contributed by atoms with Crippen molar-refractivity contribution >= 4 is 16.7 Å². The number of fused-ring (bicyclic) bond motifs is 1. The summed E-state index contributed by atoms with van der Waals surface area (Å²) in [6.07, 6.45) is 10.9. The average molecular weight is 388 g/mol. The van der Waals surface area contributed by atoms with Gasteiger partial charge in [0.2, 0.25) is 0 Å². The van der Waals surface area contributed by atoms with Gasteiger partial charge in [-0.3, -0.25) is 19.4 Å². The van der Waals surface area contributed by atoms with Crippen molar-refractivity contribution in [1.82, 2.24) is 29.3 Å². The zero-order chi connectivity index (χ0) is 20.5. The summed E-state index contributed by atoms with van der Waals surface area (Å²) in [7, 11) is 0. The van der Waals surface area contributed by atoms with Crippen molar-refractivity contribution in [2.24, 2.45) is 0 Å². The van der Waals surface area contributed by atoms with Gasteiger partial charge in [-0.05, 0) is 39.8 Å². The van der Waals surface area contributed by atoms with Crippen molar-refractivity contribution in [3.05, 3.63) is 60.7 Å². The quantitative estimate of drug-likeness (QED) is 0.461. The number of ketones is 1. The summed E-state index contributed by atoms with van der Waals surface area (Å²) in [5, 5.41) is 5.20. The highest BCUT2D eigenvalue weighted by Gasteiger charge is 2.13. The molecule has 0 spiro atoms. The first-order valence-electron chi connectivity index (χ1n) is 9.76. The van der Waals surface area contributed by atoms with E-state index in [0.717, 1.165) is 27.9 Å². The minimum atomic E-state index is 0.00532. The van der Waals surface area contributed by atoms with Crippen LogP contribution in [0.5, 0.6) is 0 Å². The zero-order valence-corrected chi connectivity index (χ0v) is 17.1. The summed E-state index contributed by atoms with van der Waals surface area (Å²) in [5.74, 6) is 0.00532. The molecule has 0 fully saturated rings. The Balaban J connectivity index is 1.62. The lowest BCUT2D eigenvalue weighted by molar-refractivity contribution is 0.0992. The molecule has 0 saturated heterocycles. The zero-order valence-electron chi connectivity index (χ0n) is 17.1. The number of aromatic nitrogens is 6. The third-order valence-corrected chi connectivity index (χ3v) is 4.94. The monoisotopic (exact) mass is 388 g/mol. The van der Waals surface area contributed by atoms with Gasteiger partial charge in [0.1, 0.15) is 0 Å². The van der Waals surface area contributed by atoms with E-state index in [4.69, 9.17) is 0 Å². The lowest BCUT2D eigenvalue weighted by Gasteiger charge is -2.12. The van der Waals surface area contributed by atoms with Gasteiger partial charge in [0, 0.05) is 41.1 Å². The van der Waals surface area contributed by atoms with Crippen LogP contribution in [0.1, 0.15) is 55.8 Å². The first kappa shape index (κ1) is 19.0. The first-order valence-corrected chi connectivity index (χ1v) is 9.76. The maximum absolute atomic E-state index is 12.6. The highest BCUT2D eigenvalue weighted by molar-refractivity contribution is 5.97. The molecular formula is C22H24N6O. The molecule has 0 aliphatic heterocycles. The van der Waals surface area contributed by atoms with Gasteiger partial charge in [-0.2, -0.15) is 5.10 Å². The molecule has 0 saturated carbocycles. The van der Waals surface area contributed by atoms with Crippen molar-refractivity contribution in [3.8, 4) is 11.3 Å². The Morgan fingerprint density at radius 3 is 2.55 bits per heavy atom. The van der Waals surface area contributed by atoms with E-state index in [0.29, 0.717) is 11.6 Å². The molecule has 0 radical (unpaired) electrons. The largest absolute Gasteiger partial charge is 0.328 e. The minimum Gasteiger partial charge on any atom is -0.328 e. The maximum Gasteiger partial charge on any atom is 0.171 e. The highest BCUT2D eigenvalue weighted by atomic mass is 16.1. The molecule has 4 aromatic rings. The van der Waals surface area contributed by atoms with Crippen LogP contribution in [-0.2, 0) is 6.42 Å². The highest BCUT2D eigenvalue weighted by Crippen LogP contribution is 2.25. The summed E-state index contributed by atoms with van der Waals surface area (Å²) in [6, 6.07) is 4.54. The number of nitrogens with zero attached hydrogens (tertiary/aromatic N) is 6. The molecule has 0 amide bonds. The van der Waals surface area contributed by atoms with E-state index in [9.17, 15) is 4.79 Å². The smallest absolute Gasteiger partial charge is 0.171 e. The number of imidazole rings is 1. The van der Waals surface area contributed by atoms with E-state index in [-0.39, 0.29) is 18.2 Å². The van der Waals surface area contributed by atoms with E-state index in [1.807, 2.05) is 38.6 Å². The number of hydrogen-bond acceptors (Lipinski definition) is 5. The number of rotatable bonds is 6. The van der Waals surface area contributed by atoms with Gasteiger partial charge < -0.3 is 4.57 Å². The van der Waals surface area contributed by atoms with E-state index in [1.165, 1.54) is 0 Å². The normalized spacial score (nSPS) is 11.7. The molecule has 148 valence electrons. The van der Waals surface area contributed by atoms with Crippen LogP contribution >= 0.6 is 0 Å². The Morgan fingerprint density at radius 2 is 1.83 bits per heavy atom. The van der Waals surface area contributed by atoms with Gasteiger partial charge in [0.25, 0.3) is 0 Å². The van der Waals surface area contributed by atoms with Crippen LogP contribution in [0, 0.1) is 0 Å². The SMILES string of the molecule is CC(C)n1cc(C(=O)Cc2cc3cc(-c4cncn4C(C)C)cnc3cn2)cn1. The molecule has 0 atom stereocenters. The third-order valence-electron chi connectivity index (χ3n) is 4.94. The van der Waals surface area contributed by atoms with Gasteiger partial charge >= 0.3 is 0 Å². The first-order chi connectivity index (χ1) is 13.9. The molecule has 0 aromatic carbocycles. The fourth-order valence-corrected chi connectivity index (χ4v) is 3.28. The van der Waals surface area contributed by atoms with E-state index < -0.39 is 0 Å². The molecule has 0 aliphatic carbocycles. The second kappa shape index (κ2) is 7.58. The topological polar surface area (TPSA) is 78.5 Å². The number of carbonyl (C=O) groups excluding carboxylic acids is 1. The van der Waals surface area contributed by atoms with Crippen molar-refractivity contribution in [1.29, 1.82) is 0 Å². The van der Waals surface area contributed by atoms with E-state index >= 15 is 0 Å². The molecule has 0 unspecified atom stereocenters. The molecule has 0 bridgehead atoms. The van der Waals surface area contributed by atoms with Crippen LogP contribution in [0.3, 0.4) is 0 Å². The van der Waals surface area contributed by atoms with Crippen LogP contribution in [0.25, 0.3) is 22.2 Å². The lowest BCUT2D eigenvalue weighted by atomic mass is 10.1. The van der Waals surface area contributed by atoms with Crippen molar-refractivity contribution in [3.63, 3.8) is 0 Å². The molecule has 29 heavy (non-hydrogen) atoms. The van der Waals surface area contributed by atoms with Gasteiger partial charge in [-0.15, -0.1) is 0 Å². The summed E-state index contributed by atoms with van der Waals surface area (Å²) in [5.41, 5.74) is 4.13. The molecule has 0 aliphatic rings. The van der Waals surface area contributed by atoms with Gasteiger partial charge in [-0.1, -0.05) is 0 Å². The predicted molar refractivity (Wildman–Crippen MR) is 112 cm³/mol. The number of pyridine rings is 2. The third kappa shape index (κ3) is 3.81. The number of Topliss-reactive ketones (excluding diaryl/α,β-unsaturated/α-hetero) is 1. The summed E-state index contributed by atoms with van der Waals surface area (Å²) >= 11 is 0. The lowest BCUT2D eigenvalue weighted by Crippen LogP contribution is -2.05. The Hall–Kier alpha value is -3.35. The Bertz CT molecular complexity index is 1170. The number of carbonyl (C=O) groups is 1. The van der Waals surface area contributed by atoms with E-state index in [2.05, 4.69) is 44.5 Å². The van der Waals surface area contributed by atoms with Crippen molar-refractivity contribution in [2.45, 2.75) is 46.2 Å². The maximum atomic E-state index is 12.6. The van der Waals surface area contributed by atoms with Gasteiger partial charge in [-0.25, -0.2) is 4.98 Å². The summed E-state index contributed by atoms with van der Waals surface area (Å²) < 4.78 is 3.90. The summed E-state index contributed by atoms with van der Waals surface area (Å²) in [6.45, 7) is 8.30. The fourth-order valence-electron chi connectivity index (χ4n) is 3.28. The molecule has 0 N–H and O–H groups in total. The molecule has 4 heterocycles. The fraction of sp³-hybridized carbons (Fsp3) is 0.318. The van der Waals surface area contributed by atoms with Crippen molar-refractivity contribution < 1.29 is 4.79 Å². The van der Waals surface area contributed by atoms with Crippen LogP contribution in [0.2, 0.25) is 0 Å². The Morgan fingerprint density at radius 1 is 1.00 bits per heavy atom. The van der Waals surface area contributed by atoms with Gasteiger partial charge in [0.15, 0.2) is 5.78 Å². The van der Waals surface area contributed by atoms with Crippen molar-refractivity contribution in [2.75, 3.05) is 0 Å². The average Bonchev–Trinajstić information content (AvgIpc) is 3.37. The molecule has 7 heteroatoms. The van der Waals surface area contributed by atoms with Crippen LogP contribution in [0.15, 0.2) is 49.4 Å². The second-order valence-corrected chi connectivity index (χ2v) is 7.77. The Labute approximate surface area is 169 Å². The standard InChI is InChI=1S/C22H24N6O/c1-14(2)27-13-23-11-21(27)17-5-16-6-19(24-10-20(16)25-8-17)7-22(29)18-9-26-28(12-18)15(3)4/h5-6,8-15H,7H2,1-4H3. The molecule has 4 aromatic heterocycles. The summed E-state index contributed by atoms with van der Waals surface area (Å²) in [4.78, 5) is 25.9. The molecular weight excluding hydrogens is 364 g/mol. The van der Waals surface area contributed by atoms with Crippen LogP contribution < -0.4 is 0 Å². The van der Waals surface area contributed by atoms with Crippen LogP contribution in [0.4, 0.5) is 0 Å². The van der Waals surface area contributed by atoms with Gasteiger partial charge in [0.05, 0.1) is 48.1 Å². The predicted octanol–water partition coefficient (Wildman–Crippen LogP) is 4.28. The minimum absolute atomic E-state index is 0.00532. The molecule has 7 nitrogen and oxygen atoms in total. The van der Waals surface area contributed by atoms with Crippen LogP contribution in [-0.4, -0.2) is 35.1 Å². The Kier molecular flexibility index (Phi) is 4.96. The second-order valence-electron chi connectivity index (χ2n) is 7.77.